The molecule has 0 unspecified atom stereocenters. The molecule has 0 amide bonds. The van der Waals surface area contributed by atoms with Gasteiger partial charge in [-0.2, -0.15) is 0 Å². The Morgan fingerprint density at radius 1 is 1.05 bits per heavy atom. The number of β-amino-alcohol motifs (C(OH)–C–C–N with tert-alkyl or cyclic N) is 1. The SMILES string of the molecule is Nc1cccc(CCCN2CCN(CCO)CC2)c1. The maximum Gasteiger partial charge on any atom is 0.0558 e. The largest absolute Gasteiger partial charge is 0.399 e. The van der Waals surface area contributed by atoms with Crippen molar-refractivity contribution in [2.75, 3.05) is 51.6 Å². The second kappa shape index (κ2) is 7.48. The molecule has 2 rings (SSSR count). The van der Waals surface area contributed by atoms with Gasteiger partial charge in [-0.15, -0.1) is 0 Å². The molecular formula is C15H25N3O. The second-order valence-electron chi connectivity index (χ2n) is 5.26. The van der Waals surface area contributed by atoms with Gasteiger partial charge in [-0.05, 0) is 37.1 Å². The van der Waals surface area contributed by atoms with E-state index in [2.05, 4.69) is 21.9 Å². The van der Waals surface area contributed by atoms with Crippen LogP contribution in [0.4, 0.5) is 5.69 Å². The van der Waals surface area contributed by atoms with E-state index < -0.39 is 0 Å². The number of aryl methyl sites for hydroxylation is 1. The van der Waals surface area contributed by atoms with Crippen LogP contribution < -0.4 is 5.73 Å². The molecule has 1 fully saturated rings. The zero-order valence-electron chi connectivity index (χ0n) is 11.6. The van der Waals surface area contributed by atoms with Gasteiger partial charge in [0.15, 0.2) is 0 Å². The Hall–Kier alpha value is -1.10. The zero-order valence-corrected chi connectivity index (χ0v) is 11.6. The summed E-state index contributed by atoms with van der Waals surface area (Å²) in [4.78, 5) is 4.84. The van der Waals surface area contributed by atoms with Gasteiger partial charge in [0, 0.05) is 38.4 Å². The Bertz CT molecular complexity index is 375. The second-order valence-corrected chi connectivity index (χ2v) is 5.26. The number of anilines is 1. The third-order valence-corrected chi connectivity index (χ3v) is 3.77. The summed E-state index contributed by atoms with van der Waals surface area (Å²) in [5, 5.41) is 8.91. The van der Waals surface area contributed by atoms with Crippen molar-refractivity contribution in [3.8, 4) is 0 Å². The van der Waals surface area contributed by atoms with E-state index in [0.717, 1.165) is 51.4 Å². The lowest BCUT2D eigenvalue weighted by Crippen LogP contribution is -2.47. The van der Waals surface area contributed by atoms with Crippen LogP contribution in [0.2, 0.25) is 0 Å². The van der Waals surface area contributed by atoms with Gasteiger partial charge in [-0.3, -0.25) is 4.90 Å². The average Bonchev–Trinajstić information content (AvgIpc) is 2.41. The monoisotopic (exact) mass is 263 g/mol. The molecule has 1 aromatic rings. The molecule has 1 aliphatic rings. The van der Waals surface area contributed by atoms with Crippen LogP contribution in [0.1, 0.15) is 12.0 Å². The van der Waals surface area contributed by atoms with Crippen molar-refractivity contribution >= 4 is 5.69 Å². The zero-order chi connectivity index (χ0) is 13.5. The maximum absolute atomic E-state index is 8.91. The first-order chi connectivity index (χ1) is 9.28. The van der Waals surface area contributed by atoms with Crippen LogP contribution in [0.25, 0.3) is 0 Å². The molecule has 0 spiro atoms. The van der Waals surface area contributed by atoms with E-state index in [4.69, 9.17) is 10.8 Å². The summed E-state index contributed by atoms with van der Waals surface area (Å²) in [7, 11) is 0. The summed E-state index contributed by atoms with van der Waals surface area (Å²) in [5.74, 6) is 0. The summed E-state index contributed by atoms with van der Waals surface area (Å²) in [5.41, 5.74) is 7.97. The molecule has 1 aliphatic heterocycles. The fourth-order valence-electron chi connectivity index (χ4n) is 2.63. The van der Waals surface area contributed by atoms with E-state index in [1.165, 1.54) is 12.0 Å². The van der Waals surface area contributed by atoms with Crippen molar-refractivity contribution in [3.63, 3.8) is 0 Å². The quantitative estimate of drug-likeness (QED) is 0.746. The molecule has 0 atom stereocenters. The number of hydrogen-bond acceptors (Lipinski definition) is 4. The summed E-state index contributed by atoms with van der Waals surface area (Å²) >= 11 is 0. The van der Waals surface area contributed by atoms with Gasteiger partial charge in [0.05, 0.1) is 6.61 Å². The van der Waals surface area contributed by atoms with Crippen molar-refractivity contribution < 1.29 is 5.11 Å². The number of hydrogen-bond donors (Lipinski definition) is 2. The van der Waals surface area contributed by atoms with Gasteiger partial charge in [0.25, 0.3) is 0 Å². The van der Waals surface area contributed by atoms with E-state index in [9.17, 15) is 0 Å². The predicted molar refractivity (Wildman–Crippen MR) is 79.1 cm³/mol. The first-order valence-corrected chi connectivity index (χ1v) is 7.18. The van der Waals surface area contributed by atoms with Crippen LogP contribution in [0.5, 0.6) is 0 Å². The van der Waals surface area contributed by atoms with Crippen LogP contribution >= 0.6 is 0 Å². The Morgan fingerprint density at radius 3 is 2.37 bits per heavy atom. The molecule has 0 radical (unpaired) electrons. The number of piperazine rings is 1. The third-order valence-electron chi connectivity index (χ3n) is 3.77. The molecule has 4 nitrogen and oxygen atoms in total. The third kappa shape index (κ3) is 4.82. The Balaban J connectivity index is 1.64. The summed E-state index contributed by atoms with van der Waals surface area (Å²) in [6.45, 7) is 6.65. The van der Waals surface area contributed by atoms with Crippen molar-refractivity contribution in [2.24, 2.45) is 0 Å². The average molecular weight is 263 g/mol. The molecule has 3 N–H and O–H groups in total. The molecule has 1 saturated heterocycles. The molecule has 1 aromatic carbocycles. The van der Waals surface area contributed by atoms with Crippen LogP contribution in [0.3, 0.4) is 0 Å². The van der Waals surface area contributed by atoms with Crippen molar-refractivity contribution in [1.82, 2.24) is 9.80 Å². The van der Waals surface area contributed by atoms with Gasteiger partial charge in [0.1, 0.15) is 0 Å². The number of nitrogens with two attached hydrogens (primary N) is 1. The van der Waals surface area contributed by atoms with Crippen molar-refractivity contribution in [2.45, 2.75) is 12.8 Å². The van der Waals surface area contributed by atoms with Crippen molar-refractivity contribution in [3.05, 3.63) is 29.8 Å². The first-order valence-electron chi connectivity index (χ1n) is 7.18. The standard InChI is InChI=1S/C15H25N3O/c16-15-5-1-3-14(13-15)4-2-6-17-7-9-18(10-8-17)11-12-19/h1,3,5,13,19H,2,4,6-12,16H2. The van der Waals surface area contributed by atoms with Crippen LogP contribution in [-0.4, -0.2) is 60.8 Å². The predicted octanol–water partition coefficient (Wildman–Crippen LogP) is 0.811. The number of rotatable bonds is 6. The summed E-state index contributed by atoms with van der Waals surface area (Å²) in [6, 6.07) is 8.18. The smallest absolute Gasteiger partial charge is 0.0558 e. The van der Waals surface area contributed by atoms with Gasteiger partial charge in [-0.25, -0.2) is 0 Å². The Morgan fingerprint density at radius 2 is 1.74 bits per heavy atom. The number of nitrogens with zero attached hydrogens (tertiary/aromatic N) is 2. The fraction of sp³-hybridized carbons (Fsp3) is 0.600. The minimum absolute atomic E-state index is 0.273. The minimum atomic E-state index is 0.273. The molecule has 0 bridgehead atoms. The molecule has 106 valence electrons. The van der Waals surface area contributed by atoms with E-state index >= 15 is 0 Å². The normalized spacial score (nSPS) is 17.7. The topological polar surface area (TPSA) is 52.7 Å². The lowest BCUT2D eigenvalue weighted by Gasteiger charge is -2.34. The highest BCUT2D eigenvalue weighted by Gasteiger charge is 2.15. The van der Waals surface area contributed by atoms with E-state index in [1.807, 2.05) is 12.1 Å². The summed E-state index contributed by atoms with van der Waals surface area (Å²) in [6.07, 6.45) is 2.28. The molecule has 1 heterocycles. The Labute approximate surface area is 115 Å². The Kier molecular flexibility index (Phi) is 5.63. The van der Waals surface area contributed by atoms with E-state index in [-0.39, 0.29) is 6.61 Å². The van der Waals surface area contributed by atoms with Crippen LogP contribution in [-0.2, 0) is 6.42 Å². The highest BCUT2D eigenvalue weighted by atomic mass is 16.3. The van der Waals surface area contributed by atoms with Crippen LogP contribution in [0.15, 0.2) is 24.3 Å². The lowest BCUT2D eigenvalue weighted by molar-refractivity contribution is 0.112. The number of aliphatic hydroxyl groups excluding tert-OH is 1. The highest BCUT2D eigenvalue weighted by molar-refractivity contribution is 5.40. The molecule has 0 saturated carbocycles. The molecule has 4 heteroatoms. The lowest BCUT2D eigenvalue weighted by atomic mass is 10.1. The van der Waals surface area contributed by atoms with Crippen molar-refractivity contribution in [1.29, 1.82) is 0 Å². The van der Waals surface area contributed by atoms with Gasteiger partial charge in [0.2, 0.25) is 0 Å². The molecule has 0 aromatic heterocycles. The first kappa shape index (κ1) is 14.3. The van der Waals surface area contributed by atoms with Gasteiger partial charge >= 0.3 is 0 Å². The highest BCUT2D eigenvalue weighted by Crippen LogP contribution is 2.10. The fourth-order valence-corrected chi connectivity index (χ4v) is 2.63. The molecule has 0 aliphatic carbocycles. The van der Waals surface area contributed by atoms with E-state index in [1.54, 1.807) is 0 Å². The molecule has 19 heavy (non-hydrogen) atoms. The number of aliphatic hydroxyl groups is 1. The number of nitrogen functional groups attached to an aromatic ring is 1. The van der Waals surface area contributed by atoms with Gasteiger partial charge < -0.3 is 15.7 Å². The van der Waals surface area contributed by atoms with Crippen LogP contribution in [0, 0.1) is 0 Å². The summed E-state index contributed by atoms with van der Waals surface area (Å²) < 4.78 is 0. The maximum atomic E-state index is 8.91. The van der Waals surface area contributed by atoms with E-state index in [0.29, 0.717) is 0 Å². The number of benzene rings is 1. The van der Waals surface area contributed by atoms with Gasteiger partial charge in [-0.1, -0.05) is 12.1 Å². The molecular weight excluding hydrogens is 238 g/mol. The minimum Gasteiger partial charge on any atom is -0.399 e.